The van der Waals surface area contributed by atoms with Gasteiger partial charge in [-0.1, -0.05) is 18.2 Å². The van der Waals surface area contributed by atoms with Gasteiger partial charge in [0.15, 0.2) is 11.5 Å². The second-order valence-corrected chi connectivity index (χ2v) is 9.21. The summed E-state index contributed by atoms with van der Waals surface area (Å²) in [4.78, 5) is 3.19. The fourth-order valence-electron chi connectivity index (χ4n) is 3.85. The van der Waals surface area contributed by atoms with Gasteiger partial charge in [-0.2, -0.15) is 0 Å². The predicted octanol–water partition coefficient (Wildman–Crippen LogP) is -1.15. The molecular formula is C20H27N3O4S+2. The molecule has 0 bridgehead atoms. The van der Waals surface area contributed by atoms with Crippen molar-refractivity contribution in [3.63, 3.8) is 0 Å². The Morgan fingerprint density at radius 1 is 1.00 bits per heavy atom. The summed E-state index contributed by atoms with van der Waals surface area (Å²) in [5, 5.41) is 0. The highest BCUT2D eigenvalue weighted by molar-refractivity contribution is 7.89. The second-order valence-electron chi connectivity index (χ2n) is 7.45. The summed E-state index contributed by atoms with van der Waals surface area (Å²) >= 11 is 0. The van der Waals surface area contributed by atoms with Crippen molar-refractivity contribution in [3.8, 4) is 11.5 Å². The van der Waals surface area contributed by atoms with E-state index in [1.54, 1.807) is 24.3 Å². The van der Waals surface area contributed by atoms with Gasteiger partial charge in [-0.05, 0) is 30.3 Å². The Hall–Kier alpha value is -2.13. The van der Waals surface area contributed by atoms with E-state index in [0.29, 0.717) is 6.54 Å². The van der Waals surface area contributed by atoms with Crippen LogP contribution in [0.25, 0.3) is 0 Å². The summed E-state index contributed by atoms with van der Waals surface area (Å²) in [6, 6.07) is 14.4. The number of nitrogens with one attached hydrogen (secondary N) is 3. The van der Waals surface area contributed by atoms with Gasteiger partial charge in [-0.15, -0.1) is 0 Å². The van der Waals surface area contributed by atoms with E-state index in [1.807, 2.05) is 24.3 Å². The number of piperazine rings is 1. The smallest absolute Gasteiger partial charge is 0.240 e. The highest BCUT2D eigenvalue weighted by Crippen LogP contribution is 2.33. The molecule has 2 aliphatic rings. The number of fused-ring (bicyclic) bond motifs is 1. The number of benzene rings is 2. The van der Waals surface area contributed by atoms with Gasteiger partial charge < -0.3 is 19.3 Å². The molecule has 2 aromatic carbocycles. The van der Waals surface area contributed by atoms with Gasteiger partial charge in [0.2, 0.25) is 16.8 Å². The van der Waals surface area contributed by atoms with Gasteiger partial charge in [0.25, 0.3) is 0 Å². The van der Waals surface area contributed by atoms with Crippen molar-refractivity contribution >= 4 is 10.0 Å². The molecule has 0 amide bonds. The van der Waals surface area contributed by atoms with E-state index >= 15 is 0 Å². The summed E-state index contributed by atoms with van der Waals surface area (Å²) in [7, 11) is -1.35. The quantitative estimate of drug-likeness (QED) is 0.568. The fraction of sp³-hybridized carbons (Fsp3) is 0.400. The van der Waals surface area contributed by atoms with E-state index in [4.69, 9.17) is 9.47 Å². The summed E-state index contributed by atoms with van der Waals surface area (Å²) in [5.74, 6) is 1.47. The number of hydrogen-bond donors (Lipinski definition) is 3. The Morgan fingerprint density at radius 3 is 2.46 bits per heavy atom. The van der Waals surface area contributed by atoms with Crippen molar-refractivity contribution in [1.82, 2.24) is 4.72 Å². The van der Waals surface area contributed by atoms with Crippen LogP contribution in [0.15, 0.2) is 53.4 Å². The number of ether oxygens (including phenoxy) is 2. The number of quaternary nitrogens is 2. The van der Waals surface area contributed by atoms with Crippen LogP contribution in [-0.2, 0) is 10.0 Å². The summed E-state index contributed by atoms with van der Waals surface area (Å²) < 4.78 is 39.2. The lowest BCUT2D eigenvalue weighted by Gasteiger charge is -2.33. The Balaban J connectivity index is 1.56. The second kappa shape index (κ2) is 8.08. The lowest BCUT2D eigenvalue weighted by molar-refractivity contribution is -1.02. The van der Waals surface area contributed by atoms with Crippen LogP contribution in [0, 0.1) is 0 Å². The molecule has 7 nitrogen and oxygen atoms in total. The number of hydrogen-bond acceptors (Lipinski definition) is 4. The highest BCUT2D eigenvalue weighted by atomic mass is 32.2. The maximum absolute atomic E-state index is 12.7. The molecule has 4 rings (SSSR count). The van der Waals surface area contributed by atoms with Gasteiger partial charge in [0.05, 0.1) is 18.5 Å². The number of sulfonamides is 1. The van der Waals surface area contributed by atoms with Crippen molar-refractivity contribution < 1.29 is 27.7 Å². The molecule has 1 atom stereocenters. The van der Waals surface area contributed by atoms with E-state index < -0.39 is 10.0 Å². The van der Waals surface area contributed by atoms with Gasteiger partial charge in [0.1, 0.15) is 32.2 Å². The summed E-state index contributed by atoms with van der Waals surface area (Å²) in [6.07, 6.45) is 0. The molecule has 0 spiro atoms. The molecule has 3 N–H and O–H groups in total. The number of likely N-dealkylation sites (N-methyl/N-ethyl adjacent to an activating group) is 1. The van der Waals surface area contributed by atoms with Crippen LogP contribution in [0.2, 0.25) is 0 Å². The van der Waals surface area contributed by atoms with Crippen LogP contribution in [0.5, 0.6) is 11.5 Å². The zero-order valence-corrected chi connectivity index (χ0v) is 16.8. The maximum atomic E-state index is 12.7. The monoisotopic (exact) mass is 405 g/mol. The fourth-order valence-corrected chi connectivity index (χ4v) is 4.92. The van der Waals surface area contributed by atoms with Crippen LogP contribution in [0.3, 0.4) is 0 Å². The molecule has 2 aromatic rings. The first-order valence-electron chi connectivity index (χ1n) is 9.63. The summed E-state index contributed by atoms with van der Waals surface area (Å²) in [5.41, 5.74) is 1.06. The molecule has 0 unspecified atom stereocenters. The van der Waals surface area contributed by atoms with Gasteiger partial charge >= 0.3 is 0 Å². The molecular weight excluding hydrogens is 378 g/mol. The van der Waals surface area contributed by atoms with Gasteiger partial charge in [-0.3, -0.25) is 0 Å². The average molecular weight is 406 g/mol. The maximum Gasteiger partial charge on any atom is 0.240 e. The molecule has 0 saturated carbocycles. The minimum Gasteiger partial charge on any atom is -0.454 e. The number of rotatable bonds is 6. The average Bonchev–Trinajstić information content (AvgIpc) is 3.18. The minimum atomic E-state index is -3.55. The first-order chi connectivity index (χ1) is 13.5. The SMILES string of the molecule is C[NH+]1CC[NH+]([C@@H](CNS(=O)(=O)c2ccccc2)c2ccc3c(c2)OCO3)CC1. The first kappa shape index (κ1) is 19.2. The third-order valence-corrected chi connectivity index (χ3v) is 7.01. The Morgan fingerprint density at radius 2 is 1.71 bits per heavy atom. The van der Waals surface area contributed by atoms with Crippen molar-refractivity contribution in [1.29, 1.82) is 0 Å². The van der Waals surface area contributed by atoms with Crippen LogP contribution >= 0.6 is 0 Å². The van der Waals surface area contributed by atoms with E-state index in [9.17, 15) is 8.42 Å². The highest BCUT2D eigenvalue weighted by Gasteiger charge is 2.31. The standard InChI is InChI=1S/C20H25N3O4S/c1-22-9-11-23(12-10-22)18(16-7-8-19-20(13-16)27-15-26-19)14-21-28(24,25)17-5-3-2-4-6-17/h2-8,13,18,21H,9-12,14-15H2,1H3/p+2/t18-/m0/s1. The Kier molecular flexibility index (Phi) is 5.54. The molecule has 0 aromatic heterocycles. The van der Waals surface area contributed by atoms with Crippen LogP contribution in [0.4, 0.5) is 0 Å². The zero-order chi connectivity index (χ0) is 19.6. The molecule has 28 heavy (non-hydrogen) atoms. The van der Waals surface area contributed by atoms with Crippen molar-refractivity contribution in [2.75, 3.05) is 46.6 Å². The normalized spacial score (nSPS) is 22.8. The van der Waals surface area contributed by atoms with E-state index in [1.165, 1.54) is 9.80 Å². The van der Waals surface area contributed by atoms with E-state index in [0.717, 1.165) is 43.2 Å². The zero-order valence-electron chi connectivity index (χ0n) is 16.0. The lowest BCUT2D eigenvalue weighted by Crippen LogP contribution is -3.27. The van der Waals surface area contributed by atoms with Crippen LogP contribution in [-0.4, -0.2) is 55.0 Å². The van der Waals surface area contributed by atoms with Gasteiger partial charge in [0, 0.05) is 5.56 Å². The lowest BCUT2D eigenvalue weighted by atomic mass is 10.0. The topological polar surface area (TPSA) is 73.5 Å². The third-order valence-electron chi connectivity index (χ3n) is 5.57. The minimum absolute atomic E-state index is 0.0149. The van der Waals surface area contributed by atoms with Gasteiger partial charge in [-0.25, -0.2) is 13.1 Å². The van der Waals surface area contributed by atoms with E-state index in [-0.39, 0.29) is 17.7 Å². The Labute approximate surface area is 165 Å². The Bertz CT molecular complexity index is 912. The molecule has 1 saturated heterocycles. The molecule has 1 fully saturated rings. The molecule has 2 aliphatic heterocycles. The molecule has 8 heteroatoms. The molecule has 2 heterocycles. The molecule has 0 radical (unpaired) electrons. The summed E-state index contributed by atoms with van der Waals surface area (Å²) in [6.45, 7) is 4.71. The van der Waals surface area contributed by atoms with Crippen molar-refractivity contribution in [3.05, 3.63) is 54.1 Å². The van der Waals surface area contributed by atoms with Crippen molar-refractivity contribution in [2.45, 2.75) is 10.9 Å². The first-order valence-corrected chi connectivity index (χ1v) is 11.1. The van der Waals surface area contributed by atoms with Crippen LogP contribution in [0.1, 0.15) is 11.6 Å². The van der Waals surface area contributed by atoms with Crippen molar-refractivity contribution in [2.24, 2.45) is 0 Å². The van der Waals surface area contributed by atoms with E-state index in [2.05, 4.69) is 11.8 Å². The predicted molar refractivity (Wildman–Crippen MR) is 104 cm³/mol. The largest absolute Gasteiger partial charge is 0.454 e. The third kappa shape index (κ3) is 4.15. The molecule has 0 aliphatic carbocycles. The molecule has 150 valence electrons. The van der Waals surface area contributed by atoms with Crippen LogP contribution < -0.4 is 24.0 Å².